The van der Waals surface area contributed by atoms with Crippen LogP contribution in [0.25, 0.3) is 0 Å². The van der Waals surface area contributed by atoms with Crippen molar-refractivity contribution in [3.63, 3.8) is 0 Å². The Morgan fingerprint density at radius 2 is 2.12 bits per heavy atom. The van der Waals surface area contributed by atoms with Gasteiger partial charge in [-0.3, -0.25) is 4.90 Å². The number of benzene rings is 1. The Morgan fingerprint density at radius 3 is 2.88 bits per heavy atom. The van der Waals surface area contributed by atoms with E-state index in [1.807, 2.05) is 11.8 Å². The van der Waals surface area contributed by atoms with Gasteiger partial charge in [0.2, 0.25) is 0 Å². The van der Waals surface area contributed by atoms with Gasteiger partial charge in [-0.2, -0.15) is 11.8 Å². The second-order valence-corrected chi connectivity index (χ2v) is 5.84. The lowest BCUT2D eigenvalue weighted by atomic mass is 10.1. The molecule has 1 aromatic rings. The molecule has 2 nitrogen and oxygen atoms in total. The highest BCUT2D eigenvalue weighted by Gasteiger charge is 2.12. The number of fused-ring (bicyclic) bond motifs is 1. The first-order chi connectivity index (χ1) is 8.20. The summed E-state index contributed by atoms with van der Waals surface area (Å²) in [5, 5.41) is 3.39. The van der Waals surface area contributed by atoms with Gasteiger partial charge in [-0.15, -0.1) is 0 Å². The summed E-state index contributed by atoms with van der Waals surface area (Å²) in [5.74, 6) is 1.20. The fraction of sp³-hybridized carbons (Fsp3) is 0.571. The SMILES string of the molecule is CSCC(C)N(C)Cc1ccc2c(c1)CNC2. The van der Waals surface area contributed by atoms with E-state index in [0.717, 1.165) is 19.6 Å². The molecule has 0 saturated carbocycles. The molecule has 1 aromatic carbocycles. The third-order valence-electron chi connectivity index (χ3n) is 3.49. The summed E-state index contributed by atoms with van der Waals surface area (Å²) in [6.07, 6.45) is 2.17. The molecule has 0 spiro atoms. The van der Waals surface area contributed by atoms with Crippen molar-refractivity contribution in [2.24, 2.45) is 0 Å². The first kappa shape index (κ1) is 12.9. The predicted octanol–water partition coefficient (Wildman–Crippen LogP) is 2.47. The van der Waals surface area contributed by atoms with Gasteiger partial charge in [-0.05, 0) is 36.9 Å². The summed E-state index contributed by atoms with van der Waals surface area (Å²) in [6.45, 7) is 5.42. The van der Waals surface area contributed by atoms with E-state index in [-0.39, 0.29) is 0 Å². The Kier molecular flexibility index (Phi) is 4.48. The zero-order valence-electron chi connectivity index (χ0n) is 11.0. The maximum absolute atomic E-state index is 3.39. The number of rotatable bonds is 5. The lowest BCUT2D eigenvalue weighted by molar-refractivity contribution is 0.269. The molecule has 1 aliphatic heterocycles. The zero-order valence-corrected chi connectivity index (χ0v) is 11.8. The van der Waals surface area contributed by atoms with Gasteiger partial charge in [0, 0.05) is 31.4 Å². The highest BCUT2D eigenvalue weighted by Crippen LogP contribution is 2.18. The third kappa shape index (κ3) is 3.24. The van der Waals surface area contributed by atoms with Crippen LogP contribution in [-0.2, 0) is 19.6 Å². The minimum absolute atomic E-state index is 0.636. The van der Waals surface area contributed by atoms with Crippen LogP contribution in [0, 0.1) is 0 Å². The standard InChI is InChI=1S/C14H22N2S/c1-11(10-17-3)16(2)9-12-4-5-13-7-15-8-14(13)6-12/h4-6,11,15H,7-10H2,1-3H3. The molecule has 0 amide bonds. The van der Waals surface area contributed by atoms with Crippen LogP contribution in [-0.4, -0.2) is 30.0 Å². The minimum Gasteiger partial charge on any atom is -0.309 e. The van der Waals surface area contributed by atoms with Crippen molar-refractivity contribution in [2.45, 2.75) is 32.6 Å². The summed E-state index contributed by atoms with van der Waals surface area (Å²) in [5.41, 5.74) is 4.38. The lowest BCUT2D eigenvalue weighted by Gasteiger charge is -2.24. The average molecular weight is 250 g/mol. The van der Waals surface area contributed by atoms with E-state index in [2.05, 4.69) is 48.6 Å². The number of hydrogen-bond acceptors (Lipinski definition) is 3. The van der Waals surface area contributed by atoms with Crippen LogP contribution in [0.3, 0.4) is 0 Å². The second kappa shape index (κ2) is 5.89. The highest BCUT2D eigenvalue weighted by molar-refractivity contribution is 7.98. The first-order valence-electron chi connectivity index (χ1n) is 6.21. The monoisotopic (exact) mass is 250 g/mol. The van der Waals surface area contributed by atoms with Crippen LogP contribution >= 0.6 is 11.8 Å². The average Bonchev–Trinajstić information content (AvgIpc) is 2.76. The van der Waals surface area contributed by atoms with Crippen molar-refractivity contribution in [1.29, 1.82) is 0 Å². The smallest absolute Gasteiger partial charge is 0.0233 e. The van der Waals surface area contributed by atoms with Gasteiger partial charge in [0.25, 0.3) is 0 Å². The molecular formula is C14H22N2S. The molecule has 0 fully saturated rings. The van der Waals surface area contributed by atoms with Gasteiger partial charge in [0.05, 0.1) is 0 Å². The molecule has 3 heteroatoms. The van der Waals surface area contributed by atoms with E-state index in [1.165, 1.54) is 22.4 Å². The van der Waals surface area contributed by atoms with Crippen molar-refractivity contribution in [2.75, 3.05) is 19.1 Å². The van der Waals surface area contributed by atoms with Gasteiger partial charge in [-0.1, -0.05) is 18.2 Å². The van der Waals surface area contributed by atoms with E-state index in [9.17, 15) is 0 Å². The molecule has 1 atom stereocenters. The Labute approximate surface area is 109 Å². The fourth-order valence-electron chi connectivity index (χ4n) is 2.26. The Balaban J connectivity index is 1.99. The van der Waals surface area contributed by atoms with E-state index in [0.29, 0.717) is 6.04 Å². The predicted molar refractivity (Wildman–Crippen MR) is 76.3 cm³/mol. The van der Waals surface area contributed by atoms with Crippen molar-refractivity contribution in [3.05, 3.63) is 34.9 Å². The summed E-state index contributed by atoms with van der Waals surface area (Å²) in [7, 11) is 2.21. The summed E-state index contributed by atoms with van der Waals surface area (Å²) in [6, 6.07) is 7.54. The normalized spacial score (nSPS) is 16.2. The number of nitrogens with zero attached hydrogens (tertiary/aromatic N) is 1. The van der Waals surface area contributed by atoms with Crippen molar-refractivity contribution in [1.82, 2.24) is 10.2 Å². The van der Waals surface area contributed by atoms with Gasteiger partial charge >= 0.3 is 0 Å². The maximum atomic E-state index is 3.39. The molecule has 2 rings (SSSR count). The molecular weight excluding hydrogens is 228 g/mol. The second-order valence-electron chi connectivity index (χ2n) is 4.93. The van der Waals surface area contributed by atoms with Crippen LogP contribution in [0.2, 0.25) is 0 Å². The van der Waals surface area contributed by atoms with Crippen molar-refractivity contribution < 1.29 is 0 Å². The molecule has 1 aliphatic rings. The minimum atomic E-state index is 0.636. The van der Waals surface area contributed by atoms with Gasteiger partial charge < -0.3 is 5.32 Å². The molecule has 0 saturated heterocycles. The van der Waals surface area contributed by atoms with Crippen molar-refractivity contribution in [3.8, 4) is 0 Å². The van der Waals surface area contributed by atoms with E-state index in [4.69, 9.17) is 0 Å². The Bertz CT molecular complexity index is 378. The van der Waals surface area contributed by atoms with Crippen molar-refractivity contribution >= 4 is 11.8 Å². The fourth-order valence-corrected chi connectivity index (χ4v) is 3.00. The Hall–Kier alpha value is -0.510. The van der Waals surface area contributed by atoms with E-state index in [1.54, 1.807) is 0 Å². The number of nitrogens with one attached hydrogen (secondary N) is 1. The molecule has 0 aromatic heterocycles. The van der Waals surface area contributed by atoms with Gasteiger partial charge in [0.15, 0.2) is 0 Å². The summed E-state index contributed by atoms with van der Waals surface area (Å²) in [4.78, 5) is 2.43. The molecule has 0 bridgehead atoms. The van der Waals surface area contributed by atoms with E-state index < -0.39 is 0 Å². The van der Waals surface area contributed by atoms with Gasteiger partial charge in [0.1, 0.15) is 0 Å². The molecule has 94 valence electrons. The molecule has 17 heavy (non-hydrogen) atoms. The van der Waals surface area contributed by atoms with Crippen LogP contribution in [0.5, 0.6) is 0 Å². The van der Waals surface area contributed by atoms with Crippen LogP contribution < -0.4 is 5.32 Å². The quantitative estimate of drug-likeness (QED) is 0.864. The topological polar surface area (TPSA) is 15.3 Å². The third-order valence-corrected chi connectivity index (χ3v) is 4.31. The van der Waals surface area contributed by atoms with E-state index >= 15 is 0 Å². The first-order valence-corrected chi connectivity index (χ1v) is 7.60. The van der Waals surface area contributed by atoms with Gasteiger partial charge in [-0.25, -0.2) is 0 Å². The number of thioether (sulfide) groups is 1. The van der Waals surface area contributed by atoms with Crippen LogP contribution in [0.15, 0.2) is 18.2 Å². The molecule has 0 radical (unpaired) electrons. The number of hydrogen-bond donors (Lipinski definition) is 1. The lowest BCUT2D eigenvalue weighted by Crippen LogP contribution is -2.30. The summed E-state index contributed by atoms with van der Waals surface area (Å²) < 4.78 is 0. The highest BCUT2D eigenvalue weighted by atomic mass is 32.2. The summed E-state index contributed by atoms with van der Waals surface area (Å²) >= 11 is 1.92. The molecule has 0 aliphatic carbocycles. The zero-order chi connectivity index (χ0) is 12.3. The molecule has 1 unspecified atom stereocenters. The maximum Gasteiger partial charge on any atom is 0.0233 e. The largest absolute Gasteiger partial charge is 0.309 e. The molecule has 1 N–H and O–H groups in total. The Morgan fingerprint density at radius 1 is 1.35 bits per heavy atom. The van der Waals surface area contributed by atoms with Crippen LogP contribution in [0.1, 0.15) is 23.6 Å². The van der Waals surface area contributed by atoms with Crippen LogP contribution in [0.4, 0.5) is 0 Å². The molecule has 1 heterocycles.